The topological polar surface area (TPSA) is 206 Å². The van der Waals surface area contributed by atoms with Gasteiger partial charge in [-0.3, -0.25) is 9.59 Å². The molecule has 0 bridgehead atoms. The molecule has 0 saturated carbocycles. The maximum atomic E-state index is 11.4. The highest BCUT2D eigenvalue weighted by molar-refractivity contribution is 5.77. The van der Waals surface area contributed by atoms with Gasteiger partial charge in [-0.1, -0.05) is 0 Å². The van der Waals surface area contributed by atoms with E-state index in [2.05, 4.69) is 25.4 Å². The van der Waals surface area contributed by atoms with Crippen LogP contribution in [-0.2, 0) is 30.4 Å². The van der Waals surface area contributed by atoms with Crippen molar-refractivity contribution >= 4 is 17.8 Å². The molecule has 0 aliphatic heterocycles. The third-order valence-electron chi connectivity index (χ3n) is 3.24. The van der Waals surface area contributed by atoms with Crippen LogP contribution >= 0.6 is 0 Å². The highest BCUT2D eigenvalue weighted by Crippen LogP contribution is 2.13. The van der Waals surface area contributed by atoms with E-state index in [0.717, 1.165) is 0 Å². The van der Waals surface area contributed by atoms with Crippen molar-refractivity contribution in [3.63, 3.8) is 0 Å². The van der Waals surface area contributed by atoms with Crippen molar-refractivity contribution < 1.29 is 52.4 Å². The second kappa shape index (κ2) is 15.3. The van der Waals surface area contributed by atoms with Crippen molar-refractivity contribution in [3.8, 4) is 0 Å². The summed E-state index contributed by atoms with van der Waals surface area (Å²) in [6.45, 7) is 0.215. The normalized spacial score (nSPS) is 11.6. The number of amides is 1. The van der Waals surface area contributed by atoms with E-state index >= 15 is 0 Å². The molecule has 0 aliphatic carbocycles. The van der Waals surface area contributed by atoms with Crippen LogP contribution in [0.3, 0.4) is 0 Å². The Hall–Kier alpha value is -3.47. The van der Waals surface area contributed by atoms with E-state index < -0.39 is 29.2 Å². The van der Waals surface area contributed by atoms with Gasteiger partial charge >= 0.3 is 18.1 Å². The number of hydrogen-bond donors (Lipinski definition) is 5. The van der Waals surface area contributed by atoms with Crippen LogP contribution in [-0.4, -0.2) is 88.2 Å². The van der Waals surface area contributed by atoms with E-state index in [1.165, 1.54) is 6.33 Å². The number of alkyl halides is 3. The summed E-state index contributed by atoms with van der Waals surface area (Å²) in [6.07, 6.45) is -1.23. The molecule has 1 heterocycles. The molecule has 0 saturated heterocycles. The predicted molar refractivity (Wildman–Crippen MR) is 96.8 cm³/mol. The number of carboxylic acids is 2. The van der Waals surface area contributed by atoms with Gasteiger partial charge in [0.2, 0.25) is 5.91 Å². The van der Waals surface area contributed by atoms with Crippen molar-refractivity contribution in [1.29, 1.82) is 0 Å². The average molecular weight is 473 g/mol. The molecular formula is C15H22F3N5O9. The summed E-state index contributed by atoms with van der Waals surface area (Å²) < 4.78 is 36.6. The van der Waals surface area contributed by atoms with Crippen LogP contribution in [0.4, 0.5) is 13.2 Å². The van der Waals surface area contributed by atoms with Gasteiger partial charge in [-0.25, -0.2) is 9.78 Å². The number of imidazole rings is 1. The number of aliphatic carboxylic acids is 2. The Kier molecular flexibility index (Phi) is 13.7. The zero-order chi connectivity index (χ0) is 24.6. The second-order valence-corrected chi connectivity index (χ2v) is 5.74. The van der Waals surface area contributed by atoms with Crippen LogP contribution in [0.1, 0.15) is 12.1 Å². The summed E-state index contributed by atoms with van der Waals surface area (Å²) in [5, 5.41) is 30.7. The van der Waals surface area contributed by atoms with Crippen LogP contribution in [0, 0.1) is 10.1 Å². The number of rotatable bonds is 14. The number of aromatic amines is 1. The van der Waals surface area contributed by atoms with E-state index in [1.807, 2.05) is 0 Å². The number of carbonyl (C=O) groups excluding carboxylic acids is 1. The molecule has 17 heteroatoms. The SMILES string of the molecule is O=C(COCCO[N+](=O)[O-])NCCCN[C@@H](Cc1cnc[nH]1)C(=O)O.O=C(O)C(F)(F)F. The molecular weight excluding hydrogens is 451 g/mol. The maximum Gasteiger partial charge on any atom is 0.490 e. The van der Waals surface area contributed by atoms with Crippen LogP contribution in [0.15, 0.2) is 12.5 Å². The lowest BCUT2D eigenvalue weighted by Gasteiger charge is -2.13. The van der Waals surface area contributed by atoms with Gasteiger partial charge in [-0.05, 0) is 13.0 Å². The molecule has 1 aromatic rings. The van der Waals surface area contributed by atoms with Crippen molar-refractivity contribution in [1.82, 2.24) is 20.6 Å². The smallest absolute Gasteiger partial charge is 0.480 e. The Balaban J connectivity index is 0.00000118. The average Bonchev–Trinajstić information content (AvgIpc) is 3.19. The molecule has 0 aliphatic rings. The lowest BCUT2D eigenvalue weighted by molar-refractivity contribution is -0.758. The predicted octanol–water partition coefficient (Wildman–Crippen LogP) is -0.640. The number of carboxylic acid groups (broad SMARTS) is 2. The molecule has 14 nitrogen and oxygen atoms in total. The van der Waals surface area contributed by atoms with Crippen LogP contribution < -0.4 is 10.6 Å². The first-order valence-corrected chi connectivity index (χ1v) is 8.78. The van der Waals surface area contributed by atoms with Crippen molar-refractivity contribution in [2.75, 3.05) is 32.9 Å². The molecule has 1 atom stereocenters. The first-order valence-electron chi connectivity index (χ1n) is 8.78. The molecule has 1 amide bonds. The standard InChI is InChI=1S/C13H21N5O7.C2HF3O2/c19-12(8-24-4-5-25-18(22)23)16-3-1-2-15-11(13(20)21)6-10-7-14-9-17-10;3-2(4,5)1(6)7/h7,9,11,15H,1-6,8H2,(H,14,17)(H,16,19)(H,20,21);(H,6,7)/t11-;/m0./s1. The van der Waals surface area contributed by atoms with E-state index in [-0.39, 0.29) is 32.1 Å². The lowest BCUT2D eigenvalue weighted by atomic mass is 10.1. The van der Waals surface area contributed by atoms with Gasteiger partial charge in [0.05, 0.1) is 12.9 Å². The number of aromatic nitrogens is 2. The van der Waals surface area contributed by atoms with Gasteiger partial charge in [0.15, 0.2) is 0 Å². The minimum atomic E-state index is -5.08. The zero-order valence-corrected chi connectivity index (χ0v) is 16.5. The molecule has 1 aromatic heterocycles. The number of carbonyl (C=O) groups is 3. The molecule has 5 N–H and O–H groups in total. The fraction of sp³-hybridized carbons (Fsp3) is 0.600. The van der Waals surface area contributed by atoms with Gasteiger partial charge in [0, 0.05) is 24.9 Å². The van der Waals surface area contributed by atoms with Crippen LogP contribution in [0.25, 0.3) is 0 Å². The van der Waals surface area contributed by atoms with E-state index in [1.54, 1.807) is 6.20 Å². The van der Waals surface area contributed by atoms with Crippen molar-refractivity contribution in [2.45, 2.75) is 25.1 Å². The van der Waals surface area contributed by atoms with E-state index in [9.17, 15) is 32.9 Å². The zero-order valence-electron chi connectivity index (χ0n) is 16.5. The lowest BCUT2D eigenvalue weighted by Crippen LogP contribution is -2.40. The summed E-state index contributed by atoms with van der Waals surface area (Å²) in [4.78, 5) is 52.1. The number of ether oxygens (including phenoxy) is 1. The Morgan fingerprint density at radius 3 is 2.41 bits per heavy atom. The van der Waals surface area contributed by atoms with Gasteiger partial charge < -0.3 is 35.4 Å². The molecule has 0 aromatic carbocycles. The third kappa shape index (κ3) is 15.4. The molecule has 0 spiro atoms. The number of nitrogens with one attached hydrogen (secondary N) is 3. The van der Waals surface area contributed by atoms with E-state index in [0.29, 0.717) is 25.2 Å². The Morgan fingerprint density at radius 1 is 1.25 bits per heavy atom. The van der Waals surface area contributed by atoms with Crippen molar-refractivity contribution in [2.24, 2.45) is 0 Å². The fourth-order valence-corrected chi connectivity index (χ4v) is 1.84. The summed E-state index contributed by atoms with van der Waals surface area (Å²) >= 11 is 0. The molecule has 0 unspecified atom stereocenters. The highest BCUT2D eigenvalue weighted by atomic mass is 19.4. The van der Waals surface area contributed by atoms with Gasteiger partial charge in [-0.15, -0.1) is 10.1 Å². The highest BCUT2D eigenvalue weighted by Gasteiger charge is 2.38. The maximum absolute atomic E-state index is 11.4. The fourth-order valence-electron chi connectivity index (χ4n) is 1.84. The molecule has 0 radical (unpaired) electrons. The minimum absolute atomic E-state index is 0.0656. The largest absolute Gasteiger partial charge is 0.490 e. The Morgan fingerprint density at radius 2 is 1.91 bits per heavy atom. The van der Waals surface area contributed by atoms with Crippen molar-refractivity contribution in [3.05, 3.63) is 28.3 Å². The first-order chi connectivity index (χ1) is 14.9. The minimum Gasteiger partial charge on any atom is -0.480 e. The van der Waals surface area contributed by atoms with Gasteiger partial charge in [-0.2, -0.15) is 13.2 Å². The molecule has 1 rings (SSSR count). The second-order valence-electron chi connectivity index (χ2n) is 5.74. The summed E-state index contributed by atoms with van der Waals surface area (Å²) in [5.74, 6) is -4.09. The number of hydrogen-bond acceptors (Lipinski definition) is 9. The van der Waals surface area contributed by atoms with Crippen LogP contribution in [0.2, 0.25) is 0 Å². The number of nitrogens with zero attached hydrogens (tertiary/aromatic N) is 2. The summed E-state index contributed by atoms with van der Waals surface area (Å²) in [7, 11) is 0. The summed E-state index contributed by atoms with van der Waals surface area (Å²) in [6, 6.07) is -0.749. The third-order valence-corrected chi connectivity index (χ3v) is 3.24. The first kappa shape index (κ1) is 28.5. The monoisotopic (exact) mass is 473 g/mol. The Labute approximate surface area is 178 Å². The number of halogens is 3. The van der Waals surface area contributed by atoms with Gasteiger partial charge in [0.25, 0.3) is 5.09 Å². The number of H-pyrrole nitrogens is 1. The van der Waals surface area contributed by atoms with E-state index in [4.69, 9.17) is 19.7 Å². The van der Waals surface area contributed by atoms with Gasteiger partial charge in [0.1, 0.15) is 19.3 Å². The molecule has 0 fully saturated rings. The molecule has 32 heavy (non-hydrogen) atoms. The molecule has 182 valence electrons. The quantitative estimate of drug-likeness (QED) is 0.130. The summed E-state index contributed by atoms with van der Waals surface area (Å²) in [5.41, 5.74) is 0.714. The van der Waals surface area contributed by atoms with Crippen LogP contribution in [0.5, 0.6) is 0 Å². The Bertz CT molecular complexity index is 716.